The highest BCUT2D eigenvalue weighted by Crippen LogP contribution is 2.53. The zero-order valence-electron chi connectivity index (χ0n) is 7.91. The Hall–Kier alpha value is -0.830. The van der Waals surface area contributed by atoms with Gasteiger partial charge in [-0.05, 0) is 5.57 Å². The maximum Gasteiger partial charge on any atom is 0.309 e. The summed E-state index contributed by atoms with van der Waals surface area (Å²) < 4.78 is 5.18. The average Bonchev–Trinajstić information content (AvgIpc) is 2.41. The molecule has 1 aliphatic carbocycles. The monoisotopic (exact) mass is 182 g/mol. The SMILES string of the molecule is C=C1[C@H](O)C[C@H]2OC(=O)[C@@H](C)[C@@]12C. The summed E-state index contributed by atoms with van der Waals surface area (Å²) in [6, 6.07) is 0. The lowest BCUT2D eigenvalue weighted by Crippen LogP contribution is -2.29. The second-order valence-corrected chi connectivity index (χ2v) is 4.21. The molecule has 72 valence electrons. The molecule has 0 radical (unpaired) electrons. The van der Waals surface area contributed by atoms with Crippen molar-refractivity contribution in [1.29, 1.82) is 0 Å². The molecule has 2 aliphatic rings. The van der Waals surface area contributed by atoms with E-state index in [0.29, 0.717) is 6.42 Å². The highest BCUT2D eigenvalue weighted by atomic mass is 16.6. The van der Waals surface area contributed by atoms with Crippen LogP contribution < -0.4 is 0 Å². The Balaban J connectivity index is 2.41. The highest BCUT2D eigenvalue weighted by molar-refractivity contribution is 5.77. The number of ether oxygens (including phenoxy) is 1. The fourth-order valence-corrected chi connectivity index (χ4v) is 2.37. The molecule has 0 spiro atoms. The van der Waals surface area contributed by atoms with Crippen LogP contribution in [0.5, 0.6) is 0 Å². The molecular weight excluding hydrogens is 168 g/mol. The van der Waals surface area contributed by atoms with Crippen LogP contribution in [0, 0.1) is 11.3 Å². The molecule has 0 unspecified atom stereocenters. The van der Waals surface area contributed by atoms with Gasteiger partial charge in [0.2, 0.25) is 0 Å². The predicted molar refractivity (Wildman–Crippen MR) is 46.9 cm³/mol. The van der Waals surface area contributed by atoms with Gasteiger partial charge >= 0.3 is 5.97 Å². The number of aliphatic hydroxyl groups is 1. The van der Waals surface area contributed by atoms with Gasteiger partial charge in [-0.15, -0.1) is 0 Å². The van der Waals surface area contributed by atoms with Gasteiger partial charge < -0.3 is 9.84 Å². The fourth-order valence-electron chi connectivity index (χ4n) is 2.37. The molecule has 4 atom stereocenters. The Morgan fingerprint density at radius 2 is 2.31 bits per heavy atom. The molecule has 2 rings (SSSR count). The van der Waals surface area contributed by atoms with E-state index in [4.69, 9.17) is 4.74 Å². The molecule has 0 aromatic heterocycles. The first-order valence-corrected chi connectivity index (χ1v) is 4.55. The third kappa shape index (κ3) is 0.854. The number of esters is 1. The van der Waals surface area contributed by atoms with Crippen molar-refractivity contribution in [2.75, 3.05) is 0 Å². The minimum atomic E-state index is -0.509. The quantitative estimate of drug-likeness (QED) is 0.446. The van der Waals surface area contributed by atoms with Crippen molar-refractivity contribution in [3.05, 3.63) is 12.2 Å². The summed E-state index contributed by atoms with van der Waals surface area (Å²) in [5.41, 5.74) is 0.395. The number of carbonyl (C=O) groups excluding carboxylic acids is 1. The minimum Gasteiger partial charge on any atom is -0.461 e. The predicted octanol–water partition coefficient (Wildman–Crippen LogP) is 0.875. The zero-order valence-corrected chi connectivity index (χ0v) is 7.91. The van der Waals surface area contributed by atoms with Gasteiger partial charge in [0, 0.05) is 11.8 Å². The summed E-state index contributed by atoms with van der Waals surface area (Å²) in [6.45, 7) is 7.64. The van der Waals surface area contributed by atoms with Crippen molar-refractivity contribution in [2.45, 2.75) is 32.5 Å². The van der Waals surface area contributed by atoms with E-state index < -0.39 is 6.10 Å². The molecule has 1 aliphatic heterocycles. The molecule has 3 nitrogen and oxygen atoms in total. The van der Waals surface area contributed by atoms with E-state index in [-0.39, 0.29) is 23.4 Å². The van der Waals surface area contributed by atoms with E-state index in [1.165, 1.54) is 0 Å². The third-order valence-corrected chi connectivity index (χ3v) is 3.71. The van der Waals surface area contributed by atoms with Crippen LogP contribution >= 0.6 is 0 Å². The molecule has 0 aromatic carbocycles. The van der Waals surface area contributed by atoms with Crippen LogP contribution in [-0.2, 0) is 9.53 Å². The fraction of sp³-hybridized carbons (Fsp3) is 0.700. The van der Waals surface area contributed by atoms with E-state index >= 15 is 0 Å². The first-order chi connectivity index (χ1) is 5.98. The average molecular weight is 182 g/mol. The summed E-state index contributed by atoms with van der Waals surface area (Å²) in [4.78, 5) is 11.3. The van der Waals surface area contributed by atoms with E-state index in [1.807, 2.05) is 13.8 Å². The van der Waals surface area contributed by atoms with Gasteiger partial charge in [-0.3, -0.25) is 4.79 Å². The smallest absolute Gasteiger partial charge is 0.309 e. The number of hydrogen-bond acceptors (Lipinski definition) is 3. The number of carbonyl (C=O) groups is 1. The summed E-state index contributed by atoms with van der Waals surface area (Å²) in [5.74, 6) is -0.345. The van der Waals surface area contributed by atoms with E-state index in [2.05, 4.69) is 6.58 Å². The summed E-state index contributed by atoms with van der Waals surface area (Å²) in [7, 11) is 0. The molecule has 3 heteroatoms. The molecule has 13 heavy (non-hydrogen) atoms. The zero-order chi connectivity index (χ0) is 9.80. The maximum absolute atomic E-state index is 11.3. The van der Waals surface area contributed by atoms with E-state index in [0.717, 1.165) is 5.57 Å². The van der Waals surface area contributed by atoms with E-state index in [1.54, 1.807) is 0 Å². The molecule has 0 amide bonds. The lowest BCUT2D eigenvalue weighted by Gasteiger charge is -2.26. The van der Waals surface area contributed by atoms with Gasteiger partial charge in [0.1, 0.15) is 6.10 Å². The van der Waals surface area contributed by atoms with Gasteiger partial charge in [-0.2, -0.15) is 0 Å². The number of rotatable bonds is 0. The second kappa shape index (κ2) is 2.35. The van der Waals surface area contributed by atoms with Crippen molar-refractivity contribution in [3.63, 3.8) is 0 Å². The largest absolute Gasteiger partial charge is 0.461 e. The number of aliphatic hydroxyl groups excluding tert-OH is 1. The Morgan fingerprint density at radius 1 is 1.69 bits per heavy atom. The van der Waals surface area contributed by atoms with Crippen molar-refractivity contribution in [2.24, 2.45) is 11.3 Å². The van der Waals surface area contributed by atoms with Crippen molar-refractivity contribution >= 4 is 5.97 Å². The molecule has 1 heterocycles. The summed E-state index contributed by atoms with van der Waals surface area (Å²) in [5, 5.41) is 9.58. The molecule has 0 aromatic rings. The van der Waals surface area contributed by atoms with Crippen LogP contribution in [0.1, 0.15) is 20.3 Å². The van der Waals surface area contributed by atoms with Crippen LogP contribution in [0.2, 0.25) is 0 Å². The first-order valence-electron chi connectivity index (χ1n) is 4.55. The molecule has 1 saturated heterocycles. The molecule has 1 N–H and O–H groups in total. The van der Waals surface area contributed by atoms with Crippen LogP contribution in [0.3, 0.4) is 0 Å². The molecule has 1 saturated carbocycles. The van der Waals surface area contributed by atoms with Crippen LogP contribution in [0.4, 0.5) is 0 Å². The Labute approximate surface area is 77.4 Å². The van der Waals surface area contributed by atoms with Gasteiger partial charge in [0.05, 0.1) is 12.0 Å². The lowest BCUT2D eigenvalue weighted by atomic mass is 9.74. The lowest BCUT2D eigenvalue weighted by molar-refractivity contribution is -0.144. The van der Waals surface area contributed by atoms with Crippen molar-refractivity contribution in [3.8, 4) is 0 Å². The Bertz CT molecular complexity index is 284. The number of fused-ring (bicyclic) bond motifs is 1. The van der Waals surface area contributed by atoms with Crippen LogP contribution in [0.15, 0.2) is 12.2 Å². The highest BCUT2D eigenvalue weighted by Gasteiger charge is 2.59. The van der Waals surface area contributed by atoms with Gasteiger partial charge in [-0.1, -0.05) is 20.4 Å². The standard InChI is InChI=1S/C10H14O3/c1-5-7(11)4-8-10(5,3)6(2)9(12)13-8/h6-8,11H,1,4H2,2-3H3/t6-,7-,8-,10-/m1/s1. The summed E-state index contributed by atoms with van der Waals surface area (Å²) >= 11 is 0. The van der Waals surface area contributed by atoms with Crippen molar-refractivity contribution < 1.29 is 14.6 Å². The first kappa shape index (κ1) is 8.75. The Kier molecular flexibility index (Phi) is 1.58. The minimum absolute atomic E-state index is 0.166. The maximum atomic E-state index is 11.3. The van der Waals surface area contributed by atoms with Crippen LogP contribution in [0.25, 0.3) is 0 Å². The van der Waals surface area contributed by atoms with Gasteiger partial charge in [0.25, 0.3) is 0 Å². The van der Waals surface area contributed by atoms with Gasteiger partial charge in [0.15, 0.2) is 0 Å². The van der Waals surface area contributed by atoms with E-state index in [9.17, 15) is 9.90 Å². The summed E-state index contributed by atoms with van der Waals surface area (Å²) in [6.07, 6.45) is -0.172. The molecule has 0 bridgehead atoms. The van der Waals surface area contributed by atoms with Crippen molar-refractivity contribution in [1.82, 2.24) is 0 Å². The Morgan fingerprint density at radius 3 is 2.85 bits per heavy atom. The second-order valence-electron chi connectivity index (χ2n) is 4.21. The molecular formula is C10H14O3. The topological polar surface area (TPSA) is 46.5 Å². The van der Waals surface area contributed by atoms with Crippen LogP contribution in [-0.4, -0.2) is 23.3 Å². The number of hydrogen-bond donors (Lipinski definition) is 1. The third-order valence-electron chi connectivity index (χ3n) is 3.71. The van der Waals surface area contributed by atoms with Gasteiger partial charge in [-0.25, -0.2) is 0 Å². The molecule has 2 fully saturated rings. The normalized spacial score (nSPS) is 49.3.